The Labute approximate surface area is 139 Å². The highest BCUT2D eigenvalue weighted by molar-refractivity contribution is 7.99. The SMILES string of the molecule is Cc1ccc(CSCC(=O)Nc2cccc(NC(N)=O)c2)cc1. The van der Waals surface area contributed by atoms with Crippen molar-refractivity contribution in [3.05, 3.63) is 59.7 Å². The normalized spacial score (nSPS) is 10.1. The van der Waals surface area contributed by atoms with E-state index >= 15 is 0 Å². The summed E-state index contributed by atoms with van der Waals surface area (Å²) in [5.41, 5.74) is 8.65. The second-order valence-corrected chi connectivity index (χ2v) is 6.08. The molecule has 0 fully saturated rings. The summed E-state index contributed by atoms with van der Waals surface area (Å²) < 4.78 is 0. The van der Waals surface area contributed by atoms with Crippen molar-refractivity contribution in [2.45, 2.75) is 12.7 Å². The highest BCUT2D eigenvalue weighted by Gasteiger charge is 2.04. The monoisotopic (exact) mass is 329 g/mol. The van der Waals surface area contributed by atoms with Gasteiger partial charge in [0.05, 0.1) is 5.75 Å². The number of aryl methyl sites for hydroxylation is 1. The molecule has 4 N–H and O–H groups in total. The number of benzene rings is 2. The van der Waals surface area contributed by atoms with Crippen LogP contribution in [0.4, 0.5) is 16.2 Å². The topological polar surface area (TPSA) is 84.2 Å². The van der Waals surface area contributed by atoms with E-state index in [1.54, 1.807) is 36.0 Å². The lowest BCUT2D eigenvalue weighted by atomic mass is 10.2. The Morgan fingerprint density at radius 2 is 1.70 bits per heavy atom. The van der Waals surface area contributed by atoms with Gasteiger partial charge in [0, 0.05) is 17.1 Å². The molecule has 0 spiro atoms. The number of hydrogen-bond donors (Lipinski definition) is 3. The third kappa shape index (κ3) is 6.04. The molecule has 0 radical (unpaired) electrons. The van der Waals surface area contributed by atoms with E-state index in [1.807, 2.05) is 6.92 Å². The fourth-order valence-electron chi connectivity index (χ4n) is 1.96. The van der Waals surface area contributed by atoms with Crippen LogP contribution in [-0.2, 0) is 10.5 Å². The fraction of sp³-hybridized carbons (Fsp3) is 0.176. The van der Waals surface area contributed by atoms with Gasteiger partial charge in [0.15, 0.2) is 0 Å². The summed E-state index contributed by atoms with van der Waals surface area (Å²) in [7, 11) is 0. The lowest BCUT2D eigenvalue weighted by Gasteiger charge is -2.08. The molecule has 0 atom stereocenters. The van der Waals surface area contributed by atoms with Crippen LogP contribution in [0, 0.1) is 6.92 Å². The van der Waals surface area contributed by atoms with Crippen molar-refractivity contribution in [2.24, 2.45) is 5.73 Å². The molecule has 0 bridgehead atoms. The van der Waals surface area contributed by atoms with Crippen molar-refractivity contribution in [1.82, 2.24) is 0 Å². The first-order chi connectivity index (χ1) is 11.0. The standard InChI is InChI=1S/C17H19N3O2S/c1-12-5-7-13(8-6-12)10-23-11-16(21)19-14-3-2-4-15(9-14)20-17(18)22/h2-9H,10-11H2,1H3,(H,19,21)(H3,18,20,22). The number of carbonyl (C=O) groups is 2. The van der Waals surface area contributed by atoms with Gasteiger partial charge in [-0.1, -0.05) is 35.9 Å². The smallest absolute Gasteiger partial charge is 0.316 e. The Morgan fingerprint density at radius 3 is 2.35 bits per heavy atom. The molecule has 2 aromatic carbocycles. The Bertz CT molecular complexity index is 686. The number of hydrogen-bond acceptors (Lipinski definition) is 3. The number of urea groups is 1. The van der Waals surface area contributed by atoms with Crippen molar-refractivity contribution in [3.63, 3.8) is 0 Å². The first kappa shape index (κ1) is 16.9. The van der Waals surface area contributed by atoms with Crippen molar-refractivity contribution in [2.75, 3.05) is 16.4 Å². The van der Waals surface area contributed by atoms with Gasteiger partial charge < -0.3 is 16.4 Å². The molecular weight excluding hydrogens is 310 g/mol. The van der Waals surface area contributed by atoms with Gasteiger partial charge in [-0.2, -0.15) is 0 Å². The lowest BCUT2D eigenvalue weighted by molar-refractivity contribution is -0.113. The highest BCUT2D eigenvalue weighted by Crippen LogP contribution is 2.17. The molecule has 0 aromatic heterocycles. The predicted octanol–water partition coefficient (Wildman–Crippen LogP) is 3.36. The summed E-state index contributed by atoms with van der Waals surface area (Å²) in [5, 5.41) is 5.27. The zero-order valence-corrected chi connectivity index (χ0v) is 13.7. The second kappa shape index (κ2) is 8.24. The molecule has 6 heteroatoms. The van der Waals surface area contributed by atoms with E-state index in [4.69, 9.17) is 5.73 Å². The molecular formula is C17H19N3O2S. The van der Waals surface area contributed by atoms with Gasteiger partial charge in [-0.15, -0.1) is 11.8 Å². The van der Waals surface area contributed by atoms with Gasteiger partial charge in [-0.05, 0) is 30.7 Å². The number of primary amides is 1. The van der Waals surface area contributed by atoms with E-state index in [1.165, 1.54) is 11.1 Å². The Balaban J connectivity index is 1.80. The van der Waals surface area contributed by atoms with Crippen LogP contribution in [-0.4, -0.2) is 17.7 Å². The molecule has 0 aliphatic heterocycles. The summed E-state index contributed by atoms with van der Waals surface area (Å²) in [6, 6.07) is 14.5. The minimum absolute atomic E-state index is 0.0849. The number of amides is 3. The zero-order valence-electron chi connectivity index (χ0n) is 12.8. The molecule has 3 amide bonds. The summed E-state index contributed by atoms with van der Waals surface area (Å²) in [4.78, 5) is 22.8. The minimum Gasteiger partial charge on any atom is -0.351 e. The molecule has 0 heterocycles. The number of nitrogens with two attached hydrogens (primary N) is 1. The van der Waals surface area contributed by atoms with E-state index in [9.17, 15) is 9.59 Å². The van der Waals surface area contributed by atoms with Crippen LogP contribution in [0.3, 0.4) is 0 Å². The Morgan fingerprint density at radius 1 is 1.04 bits per heavy atom. The first-order valence-electron chi connectivity index (χ1n) is 7.12. The average molecular weight is 329 g/mol. The molecule has 120 valence electrons. The first-order valence-corrected chi connectivity index (χ1v) is 8.28. The van der Waals surface area contributed by atoms with Crippen LogP contribution in [0.15, 0.2) is 48.5 Å². The molecule has 0 unspecified atom stereocenters. The molecule has 0 aliphatic carbocycles. The third-order valence-corrected chi connectivity index (χ3v) is 4.04. The summed E-state index contributed by atoms with van der Waals surface area (Å²) in [5.74, 6) is 1.07. The van der Waals surface area contributed by atoms with E-state index in [0.717, 1.165) is 5.75 Å². The quantitative estimate of drug-likeness (QED) is 0.760. The van der Waals surface area contributed by atoms with Crippen molar-refractivity contribution < 1.29 is 9.59 Å². The minimum atomic E-state index is -0.637. The van der Waals surface area contributed by atoms with Crippen LogP contribution < -0.4 is 16.4 Å². The maximum absolute atomic E-state index is 11.9. The van der Waals surface area contributed by atoms with Gasteiger partial charge in [0.2, 0.25) is 5.91 Å². The van der Waals surface area contributed by atoms with Crippen LogP contribution >= 0.6 is 11.8 Å². The largest absolute Gasteiger partial charge is 0.351 e. The fourth-order valence-corrected chi connectivity index (χ4v) is 2.75. The molecule has 2 rings (SSSR count). The summed E-state index contributed by atoms with van der Waals surface area (Å²) >= 11 is 1.55. The number of carbonyl (C=O) groups excluding carboxylic acids is 2. The predicted molar refractivity (Wildman–Crippen MR) is 95.6 cm³/mol. The maximum Gasteiger partial charge on any atom is 0.316 e. The van der Waals surface area contributed by atoms with Crippen LogP contribution in [0.25, 0.3) is 0 Å². The van der Waals surface area contributed by atoms with Gasteiger partial charge >= 0.3 is 6.03 Å². The third-order valence-electron chi connectivity index (χ3n) is 3.04. The van der Waals surface area contributed by atoms with E-state index in [0.29, 0.717) is 17.1 Å². The van der Waals surface area contributed by atoms with Gasteiger partial charge in [0.1, 0.15) is 0 Å². The maximum atomic E-state index is 11.9. The second-order valence-electron chi connectivity index (χ2n) is 5.10. The zero-order chi connectivity index (χ0) is 16.7. The van der Waals surface area contributed by atoms with Crippen LogP contribution in [0.5, 0.6) is 0 Å². The Kier molecular flexibility index (Phi) is 6.05. The molecule has 0 saturated heterocycles. The highest BCUT2D eigenvalue weighted by atomic mass is 32.2. The Hall–Kier alpha value is -2.47. The molecule has 0 saturated carbocycles. The van der Waals surface area contributed by atoms with Crippen molar-refractivity contribution in [1.29, 1.82) is 0 Å². The lowest BCUT2D eigenvalue weighted by Crippen LogP contribution is -2.19. The summed E-state index contributed by atoms with van der Waals surface area (Å²) in [6.07, 6.45) is 0. The van der Waals surface area contributed by atoms with E-state index < -0.39 is 6.03 Å². The number of anilines is 2. The molecule has 5 nitrogen and oxygen atoms in total. The molecule has 2 aromatic rings. The van der Waals surface area contributed by atoms with Crippen LogP contribution in [0.1, 0.15) is 11.1 Å². The average Bonchev–Trinajstić information content (AvgIpc) is 2.49. The van der Waals surface area contributed by atoms with Gasteiger partial charge in [-0.3, -0.25) is 4.79 Å². The van der Waals surface area contributed by atoms with Crippen molar-refractivity contribution in [3.8, 4) is 0 Å². The number of nitrogens with one attached hydrogen (secondary N) is 2. The van der Waals surface area contributed by atoms with E-state index in [-0.39, 0.29) is 5.91 Å². The number of rotatable bonds is 6. The number of thioether (sulfide) groups is 1. The van der Waals surface area contributed by atoms with E-state index in [2.05, 4.69) is 34.9 Å². The van der Waals surface area contributed by atoms with Gasteiger partial charge in [0.25, 0.3) is 0 Å². The molecule has 0 aliphatic rings. The summed E-state index contributed by atoms with van der Waals surface area (Å²) in [6.45, 7) is 2.05. The van der Waals surface area contributed by atoms with Crippen molar-refractivity contribution >= 4 is 35.1 Å². The van der Waals surface area contributed by atoms with Crippen LogP contribution in [0.2, 0.25) is 0 Å². The molecule has 23 heavy (non-hydrogen) atoms. The van der Waals surface area contributed by atoms with Gasteiger partial charge in [-0.25, -0.2) is 4.79 Å².